The van der Waals surface area contributed by atoms with Crippen LogP contribution in [-0.2, 0) is 0 Å². The molecule has 0 heteroatoms. The second-order valence-electron chi connectivity index (χ2n) is 14.9. The number of allylic oxidation sites excluding steroid dienone is 10. The minimum atomic E-state index is 0.382. The highest BCUT2D eigenvalue weighted by atomic mass is 14.8. The molecule has 0 amide bonds. The zero-order valence-electron chi connectivity index (χ0n) is 23.3. The van der Waals surface area contributed by atoms with Crippen LogP contribution in [0.3, 0.4) is 0 Å². The largest absolute Gasteiger partial charge is 0.0911 e. The first-order valence-electron chi connectivity index (χ1n) is 14.9. The highest BCUT2D eigenvalue weighted by Gasteiger charge is 2.75. The Morgan fingerprint density at radius 1 is 0.371 bits per heavy atom. The van der Waals surface area contributed by atoms with Gasteiger partial charge in [-0.25, -0.2) is 0 Å². The summed E-state index contributed by atoms with van der Waals surface area (Å²) in [7, 11) is 0. The third kappa shape index (κ3) is 3.30. The first kappa shape index (κ1) is 24.1. The van der Waals surface area contributed by atoms with Gasteiger partial charge in [0.1, 0.15) is 0 Å². The molecule has 8 saturated carbocycles. The molecule has 8 fully saturated rings. The number of hydrogen-bond donors (Lipinski definition) is 0. The summed E-state index contributed by atoms with van der Waals surface area (Å²) in [6, 6.07) is 0. The Hall–Kier alpha value is -1.30. The molecule has 0 nitrogen and oxygen atoms in total. The SMILES string of the molecule is CC=CC12CC3CC(C=CC)(C1)CC(C14CC5(C=CC)CC(C=CC)(CC(C=CC)(C5)C1)C4)(C3)C2. The molecule has 0 aromatic rings. The Kier molecular flexibility index (Phi) is 5.23. The highest BCUT2D eigenvalue weighted by Crippen LogP contribution is 2.84. The molecule has 0 heterocycles. The fraction of sp³-hybridized carbons (Fsp3) is 0.714. The van der Waals surface area contributed by atoms with Crippen molar-refractivity contribution in [1.82, 2.24) is 0 Å². The molecule has 8 aliphatic rings. The van der Waals surface area contributed by atoms with Gasteiger partial charge in [-0.2, -0.15) is 0 Å². The molecule has 0 aromatic carbocycles. The van der Waals surface area contributed by atoms with Gasteiger partial charge in [0.2, 0.25) is 0 Å². The zero-order chi connectivity index (χ0) is 24.6. The predicted molar refractivity (Wildman–Crippen MR) is 150 cm³/mol. The van der Waals surface area contributed by atoms with E-state index in [0.717, 1.165) is 5.92 Å². The number of hydrogen-bond acceptors (Lipinski definition) is 0. The van der Waals surface area contributed by atoms with Crippen LogP contribution in [-0.4, -0.2) is 0 Å². The van der Waals surface area contributed by atoms with Gasteiger partial charge in [-0.1, -0.05) is 60.8 Å². The summed E-state index contributed by atoms with van der Waals surface area (Å²) >= 11 is 0. The lowest BCUT2D eigenvalue weighted by molar-refractivity contribution is -0.259. The smallest absolute Gasteiger partial charge is 0.00963 e. The van der Waals surface area contributed by atoms with Crippen LogP contribution in [0.4, 0.5) is 0 Å². The van der Waals surface area contributed by atoms with Crippen molar-refractivity contribution in [1.29, 1.82) is 0 Å². The van der Waals surface area contributed by atoms with E-state index in [0.29, 0.717) is 37.9 Å². The van der Waals surface area contributed by atoms with Gasteiger partial charge < -0.3 is 0 Å². The molecule has 0 saturated heterocycles. The molecule has 0 aromatic heterocycles. The van der Waals surface area contributed by atoms with E-state index in [-0.39, 0.29) is 0 Å². The minimum absolute atomic E-state index is 0.382. The van der Waals surface area contributed by atoms with Crippen molar-refractivity contribution in [3.63, 3.8) is 0 Å². The molecule has 8 aliphatic carbocycles. The first-order valence-corrected chi connectivity index (χ1v) is 14.9. The van der Waals surface area contributed by atoms with Gasteiger partial charge in [-0.15, -0.1) is 0 Å². The summed E-state index contributed by atoms with van der Waals surface area (Å²) in [6.45, 7) is 11.4. The lowest BCUT2D eigenvalue weighted by Gasteiger charge is -2.78. The van der Waals surface area contributed by atoms with Gasteiger partial charge in [0, 0.05) is 0 Å². The van der Waals surface area contributed by atoms with Crippen LogP contribution >= 0.6 is 0 Å². The van der Waals surface area contributed by atoms with Crippen LogP contribution in [0.2, 0.25) is 0 Å². The molecule has 2 unspecified atom stereocenters. The van der Waals surface area contributed by atoms with E-state index in [1.165, 1.54) is 77.0 Å². The molecule has 0 radical (unpaired) electrons. The van der Waals surface area contributed by atoms with Crippen molar-refractivity contribution in [2.75, 3.05) is 0 Å². The van der Waals surface area contributed by atoms with Crippen molar-refractivity contribution in [2.24, 2.45) is 43.8 Å². The van der Waals surface area contributed by atoms with E-state index in [4.69, 9.17) is 0 Å². The standard InChI is InChI=1S/C35H50/c1-6-11-29-16-28-17-30(19-29,12-7-2)24-34(18-28,23-29)35-25-31(13-8-3)20-32(26-35,14-9-4)22-33(21-31,27-35)15-10-5/h6-15,28H,16-27H2,1-5H3. The molecule has 8 bridgehead atoms. The minimum Gasteiger partial charge on any atom is -0.0911 e. The Morgan fingerprint density at radius 3 is 1.06 bits per heavy atom. The van der Waals surface area contributed by atoms with Gasteiger partial charge >= 0.3 is 0 Å². The Morgan fingerprint density at radius 2 is 0.686 bits per heavy atom. The van der Waals surface area contributed by atoms with Gasteiger partial charge in [0.05, 0.1) is 0 Å². The fourth-order valence-electron chi connectivity index (χ4n) is 13.3. The van der Waals surface area contributed by atoms with Crippen molar-refractivity contribution >= 4 is 0 Å². The first-order chi connectivity index (χ1) is 16.7. The van der Waals surface area contributed by atoms with Crippen LogP contribution in [0.5, 0.6) is 0 Å². The number of rotatable bonds is 6. The monoisotopic (exact) mass is 470 g/mol. The van der Waals surface area contributed by atoms with Crippen molar-refractivity contribution in [3.05, 3.63) is 60.8 Å². The Balaban J connectivity index is 1.56. The third-order valence-corrected chi connectivity index (χ3v) is 12.1. The molecule has 0 aliphatic heterocycles. The molecule has 8 rings (SSSR count). The quantitative estimate of drug-likeness (QED) is 0.339. The lowest BCUT2D eigenvalue weighted by atomic mass is 9.26. The molecule has 2 atom stereocenters. The fourth-order valence-corrected chi connectivity index (χ4v) is 13.3. The molecule has 35 heavy (non-hydrogen) atoms. The highest BCUT2D eigenvalue weighted by molar-refractivity contribution is 5.33. The molecular formula is C35H50. The normalized spacial score (nSPS) is 54.7. The van der Waals surface area contributed by atoms with Gasteiger partial charge in [0.15, 0.2) is 0 Å². The van der Waals surface area contributed by atoms with Crippen LogP contribution in [0.15, 0.2) is 60.8 Å². The van der Waals surface area contributed by atoms with Gasteiger partial charge in [0.25, 0.3) is 0 Å². The second-order valence-corrected chi connectivity index (χ2v) is 14.9. The summed E-state index contributed by atoms with van der Waals surface area (Å²) in [5.41, 5.74) is 2.99. The predicted octanol–water partition coefficient (Wildman–Crippen LogP) is 10.2. The van der Waals surface area contributed by atoms with Crippen LogP contribution in [0, 0.1) is 43.8 Å². The third-order valence-electron chi connectivity index (χ3n) is 12.1. The summed E-state index contributed by atoms with van der Waals surface area (Å²) in [4.78, 5) is 0. The molecule has 190 valence electrons. The van der Waals surface area contributed by atoms with Gasteiger partial charge in [-0.05, 0) is 155 Å². The van der Waals surface area contributed by atoms with E-state index in [1.807, 2.05) is 0 Å². The summed E-state index contributed by atoms with van der Waals surface area (Å²) in [6.07, 6.45) is 42.8. The van der Waals surface area contributed by atoms with Crippen molar-refractivity contribution in [2.45, 2.75) is 112 Å². The van der Waals surface area contributed by atoms with Crippen LogP contribution < -0.4 is 0 Å². The molecule has 0 spiro atoms. The maximum Gasteiger partial charge on any atom is -0.00963 e. The van der Waals surface area contributed by atoms with E-state index >= 15 is 0 Å². The van der Waals surface area contributed by atoms with Crippen LogP contribution in [0.1, 0.15) is 112 Å². The summed E-state index contributed by atoms with van der Waals surface area (Å²) in [5, 5.41) is 0. The topological polar surface area (TPSA) is 0 Å². The maximum absolute atomic E-state index is 2.69. The van der Waals surface area contributed by atoms with Crippen LogP contribution in [0.25, 0.3) is 0 Å². The maximum atomic E-state index is 2.69. The van der Waals surface area contributed by atoms with E-state index in [2.05, 4.69) is 95.4 Å². The average Bonchev–Trinajstić information content (AvgIpc) is 2.71. The van der Waals surface area contributed by atoms with E-state index < -0.39 is 0 Å². The van der Waals surface area contributed by atoms with Crippen molar-refractivity contribution in [3.8, 4) is 0 Å². The lowest BCUT2D eigenvalue weighted by Crippen LogP contribution is -2.69. The summed E-state index contributed by atoms with van der Waals surface area (Å²) in [5.74, 6) is 0.916. The molecular weight excluding hydrogens is 420 g/mol. The summed E-state index contributed by atoms with van der Waals surface area (Å²) < 4.78 is 0. The van der Waals surface area contributed by atoms with E-state index in [9.17, 15) is 0 Å². The average molecular weight is 471 g/mol. The van der Waals surface area contributed by atoms with Crippen molar-refractivity contribution < 1.29 is 0 Å². The van der Waals surface area contributed by atoms with Gasteiger partial charge in [-0.3, -0.25) is 0 Å². The molecule has 0 N–H and O–H groups in total. The zero-order valence-corrected chi connectivity index (χ0v) is 23.3. The Labute approximate surface area is 216 Å². The van der Waals surface area contributed by atoms with E-state index in [1.54, 1.807) is 0 Å². The second kappa shape index (κ2) is 7.61. The Bertz CT molecular complexity index is 907.